The smallest absolute Gasteiger partial charge is 0.0696 e. The largest absolute Gasteiger partial charge is 0.392 e. The highest BCUT2D eigenvalue weighted by Gasteiger charge is 1.94. The first-order valence-corrected chi connectivity index (χ1v) is 3.69. The van der Waals surface area contributed by atoms with Gasteiger partial charge in [-0.25, -0.2) is 0 Å². The second kappa shape index (κ2) is 3.60. The van der Waals surface area contributed by atoms with Crippen molar-refractivity contribution in [2.75, 3.05) is 0 Å². The van der Waals surface area contributed by atoms with Crippen LogP contribution in [0.3, 0.4) is 0 Å². The number of aliphatic hydroxyl groups excluding tert-OH is 1. The van der Waals surface area contributed by atoms with Crippen molar-refractivity contribution in [1.29, 1.82) is 0 Å². The molecule has 0 fully saturated rings. The molecule has 0 amide bonds. The zero-order valence-corrected chi connectivity index (χ0v) is 6.88. The van der Waals surface area contributed by atoms with Crippen molar-refractivity contribution in [3.63, 3.8) is 0 Å². The normalized spacial score (nSPS) is 10.0. The molecule has 0 aliphatic carbocycles. The predicted octanol–water partition coefficient (Wildman–Crippen LogP) is 1.73. The number of halogens is 1. The van der Waals surface area contributed by atoms with E-state index >= 15 is 0 Å². The Labute approximate surface area is 70.7 Å². The second-order valence-corrected chi connectivity index (χ2v) is 2.90. The third-order valence-corrected chi connectivity index (χ3v) is 1.47. The first-order chi connectivity index (χ1) is 5.22. The van der Waals surface area contributed by atoms with Crippen molar-refractivity contribution in [3.05, 3.63) is 35.6 Å². The van der Waals surface area contributed by atoms with Crippen LogP contribution in [0.4, 0.5) is 0 Å². The molecule has 0 bridgehead atoms. The maximum Gasteiger partial charge on any atom is 0.0696 e. The van der Waals surface area contributed by atoms with Gasteiger partial charge in [0.15, 0.2) is 0 Å². The standard InChI is InChI=1S/C8H10ClNO/c1-7(9)4-10-3-2-8(5-10)6-11/h2-3,5,11H,1,4,6H2. The molecule has 0 radical (unpaired) electrons. The van der Waals surface area contributed by atoms with Crippen LogP contribution in [0, 0.1) is 0 Å². The molecule has 0 saturated heterocycles. The average molecular weight is 172 g/mol. The lowest BCUT2D eigenvalue weighted by atomic mass is 10.4. The minimum Gasteiger partial charge on any atom is -0.392 e. The Morgan fingerprint density at radius 3 is 2.91 bits per heavy atom. The molecule has 1 heterocycles. The van der Waals surface area contributed by atoms with Gasteiger partial charge in [-0.15, -0.1) is 0 Å². The quantitative estimate of drug-likeness (QED) is 0.737. The van der Waals surface area contributed by atoms with Gasteiger partial charge in [0, 0.05) is 17.4 Å². The van der Waals surface area contributed by atoms with Crippen LogP contribution in [0.25, 0.3) is 0 Å². The highest BCUT2D eigenvalue weighted by Crippen LogP contribution is 2.05. The number of nitrogens with zero attached hydrogens (tertiary/aromatic N) is 1. The van der Waals surface area contributed by atoms with Gasteiger partial charge in [-0.05, 0) is 11.6 Å². The van der Waals surface area contributed by atoms with Crippen LogP contribution in [0.1, 0.15) is 5.56 Å². The number of hydrogen-bond donors (Lipinski definition) is 1. The van der Waals surface area contributed by atoms with Crippen LogP contribution in [-0.4, -0.2) is 9.67 Å². The zero-order chi connectivity index (χ0) is 8.27. The average Bonchev–Trinajstić information content (AvgIpc) is 2.34. The number of aliphatic hydroxyl groups is 1. The third-order valence-electron chi connectivity index (χ3n) is 1.35. The summed E-state index contributed by atoms with van der Waals surface area (Å²) in [7, 11) is 0. The number of hydrogen-bond acceptors (Lipinski definition) is 1. The van der Waals surface area contributed by atoms with Crippen molar-refractivity contribution < 1.29 is 5.11 Å². The minimum atomic E-state index is 0.0712. The van der Waals surface area contributed by atoms with Crippen LogP contribution in [0.15, 0.2) is 30.1 Å². The van der Waals surface area contributed by atoms with E-state index in [1.54, 1.807) is 0 Å². The summed E-state index contributed by atoms with van der Waals surface area (Å²) in [5.41, 5.74) is 0.892. The summed E-state index contributed by atoms with van der Waals surface area (Å²) in [6.45, 7) is 4.24. The Morgan fingerprint density at radius 1 is 1.73 bits per heavy atom. The summed E-state index contributed by atoms with van der Waals surface area (Å²) in [4.78, 5) is 0. The molecule has 0 saturated carbocycles. The van der Waals surface area contributed by atoms with E-state index in [0.717, 1.165) is 5.56 Å². The molecule has 1 aromatic rings. The maximum absolute atomic E-state index is 8.72. The van der Waals surface area contributed by atoms with Gasteiger partial charge in [-0.2, -0.15) is 0 Å². The minimum absolute atomic E-state index is 0.0712. The van der Waals surface area contributed by atoms with Crippen LogP contribution in [-0.2, 0) is 13.2 Å². The van der Waals surface area contributed by atoms with Gasteiger partial charge in [-0.3, -0.25) is 0 Å². The van der Waals surface area contributed by atoms with Crippen molar-refractivity contribution in [1.82, 2.24) is 4.57 Å². The maximum atomic E-state index is 8.72. The number of rotatable bonds is 3. The van der Waals surface area contributed by atoms with Crippen molar-refractivity contribution >= 4 is 11.6 Å². The second-order valence-electron chi connectivity index (χ2n) is 2.37. The molecule has 0 atom stereocenters. The first kappa shape index (κ1) is 8.37. The van der Waals surface area contributed by atoms with Gasteiger partial charge in [0.2, 0.25) is 0 Å². The number of aromatic nitrogens is 1. The van der Waals surface area contributed by atoms with E-state index in [1.165, 1.54) is 0 Å². The molecule has 1 rings (SSSR count). The zero-order valence-electron chi connectivity index (χ0n) is 6.13. The van der Waals surface area contributed by atoms with Gasteiger partial charge in [-0.1, -0.05) is 18.2 Å². The summed E-state index contributed by atoms with van der Waals surface area (Å²) in [5.74, 6) is 0. The Bertz CT molecular complexity index is 254. The monoisotopic (exact) mass is 171 g/mol. The van der Waals surface area contributed by atoms with E-state index in [0.29, 0.717) is 11.6 Å². The number of allylic oxidation sites excluding steroid dienone is 1. The Kier molecular flexibility index (Phi) is 2.74. The fourth-order valence-electron chi connectivity index (χ4n) is 0.881. The lowest BCUT2D eigenvalue weighted by Crippen LogP contribution is -1.92. The van der Waals surface area contributed by atoms with E-state index < -0.39 is 0 Å². The van der Waals surface area contributed by atoms with Crippen LogP contribution in [0.2, 0.25) is 0 Å². The fourth-order valence-corrected chi connectivity index (χ4v) is 1.02. The molecule has 0 aliphatic rings. The van der Waals surface area contributed by atoms with Gasteiger partial charge in [0.05, 0.1) is 13.2 Å². The summed E-state index contributed by atoms with van der Waals surface area (Å²) in [5, 5.41) is 9.30. The van der Waals surface area contributed by atoms with E-state index in [2.05, 4.69) is 6.58 Å². The van der Waals surface area contributed by atoms with E-state index in [1.807, 2.05) is 23.0 Å². The summed E-state index contributed by atoms with van der Waals surface area (Å²) < 4.78 is 1.88. The van der Waals surface area contributed by atoms with Crippen molar-refractivity contribution in [2.24, 2.45) is 0 Å². The third kappa shape index (κ3) is 2.41. The van der Waals surface area contributed by atoms with Crippen LogP contribution < -0.4 is 0 Å². The van der Waals surface area contributed by atoms with Crippen molar-refractivity contribution in [2.45, 2.75) is 13.2 Å². The Balaban J connectivity index is 2.65. The molecule has 1 N–H and O–H groups in total. The van der Waals surface area contributed by atoms with Crippen molar-refractivity contribution in [3.8, 4) is 0 Å². The lowest BCUT2D eigenvalue weighted by Gasteiger charge is -1.97. The highest BCUT2D eigenvalue weighted by molar-refractivity contribution is 6.29. The predicted molar refractivity (Wildman–Crippen MR) is 45.3 cm³/mol. The summed E-state index contributed by atoms with van der Waals surface area (Å²) >= 11 is 5.59. The molecule has 1 aromatic heterocycles. The van der Waals surface area contributed by atoms with Crippen LogP contribution in [0.5, 0.6) is 0 Å². The Hall–Kier alpha value is -0.730. The molecule has 60 valence electrons. The summed E-state index contributed by atoms with van der Waals surface area (Å²) in [6, 6.07) is 1.85. The first-order valence-electron chi connectivity index (χ1n) is 3.31. The fraction of sp³-hybridized carbons (Fsp3) is 0.250. The molecule has 0 unspecified atom stereocenters. The van der Waals surface area contributed by atoms with Gasteiger partial charge >= 0.3 is 0 Å². The van der Waals surface area contributed by atoms with E-state index in [-0.39, 0.29) is 6.61 Å². The molecule has 0 aromatic carbocycles. The molecule has 3 heteroatoms. The summed E-state index contributed by atoms with van der Waals surface area (Å²) in [6.07, 6.45) is 3.70. The van der Waals surface area contributed by atoms with E-state index in [4.69, 9.17) is 16.7 Å². The highest BCUT2D eigenvalue weighted by atomic mass is 35.5. The van der Waals surface area contributed by atoms with Gasteiger partial charge in [0.1, 0.15) is 0 Å². The molecule has 0 spiro atoms. The van der Waals surface area contributed by atoms with Gasteiger partial charge in [0.25, 0.3) is 0 Å². The lowest BCUT2D eigenvalue weighted by molar-refractivity contribution is 0.282. The molecular weight excluding hydrogens is 162 g/mol. The van der Waals surface area contributed by atoms with Crippen LogP contribution >= 0.6 is 11.6 Å². The van der Waals surface area contributed by atoms with E-state index in [9.17, 15) is 0 Å². The SMILES string of the molecule is C=C(Cl)Cn1ccc(CO)c1. The molecule has 2 nitrogen and oxygen atoms in total. The molecular formula is C8H10ClNO. The Morgan fingerprint density at radius 2 is 2.45 bits per heavy atom. The molecule has 11 heavy (non-hydrogen) atoms. The topological polar surface area (TPSA) is 25.2 Å². The van der Waals surface area contributed by atoms with Gasteiger partial charge < -0.3 is 9.67 Å². The molecule has 0 aliphatic heterocycles.